The zero-order chi connectivity index (χ0) is 19.2. The highest BCUT2D eigenvalue weighted by molar-refractivity contribution is 5.88. The molecule has 0 radical (unpaired) electrons. The van der Waals surface area contributed by atoms with Gasteiger partial charge in [0.05, 0.1) is 22.6 Å². The summed E-state index contributed by atoms with van der Waals surface area (Å²) in [6, 6.07) is 18.6. The third-order valence-electron chi connectivity index (χ3n) is 3.79. The Balaban J connectivity index is 1.78. The van der Waals surface area contributed by atoms with E-state index in [1.165, 1.54) is 18.2 Å². The second-order valence-corrected chi connectivity index (χ2v) is 5.89. The number of rotatable bonds is 5. The molecule has 0 fully saturated rings. The molecule has 6 heteroatoms. The molecule has 0 atom stereocenters. The summed E-state index contributed by atoms with van der Waals surface area (Å²) in [5, 5.41) is 27.1. The number of carbonyl (C=O) groups is 1. The average Bonchev–Trinajstić information content (AvgIpc) is 2.68. The van der Waals surface area contributed by atoms with Gasteiger partial charge in [-0.25, -0.2) is 4.79 Å². The maximum Gasteiger partial charge on any atom is 0.335 e. The SMILES string of the molecule is Cc1ccc(N=Cc2cc(N=Nc3ccc(C(=O)O)cc3)ccc2O)cc1. The van der Waals surface area contributed by atoms with Crippen molar-refractivity contribution >= 4 is 29.2 Å². The van der Waals surface area contributed by atoms with Gasteiger partial charge in [0.1, 0.15) is 5.75 Å². The number of aromatic carboxylic acids is 1. The Bertz CT molecular complexity index is 1010. The Morgan fingerprint density at radius 2 is 1.44 bits per heavy atom. The van der Waals surface area contributed by atoms with Crippen molar-refractivity contribution in [2.24, 2.45) is 15.2 Å². The van der Waals surface area contributed by atoms with E-state index < -0.39 is 5.97 Å². The first kappa shape index (κ1) is 18.0. The molecule has 134 valence electrons. The lowest BCUT2D eigenvalue weighted by Gasteiger charge is -2.01. The standard InChI is InChI=1S/C21H17N3O3/c1-14-2-6-17(7-3-14)22-13-16-12-19(10-11-20(16)25)24-23-18-8-4-15(5-9-18)21(26)27/h2-13,25H,1H3,(H,26,27). The monoisotopic (exact) mass is 359 g/mol. The van der Waals surface area contributed by atoms with Crippen molar-refractivity contribution in [2.45, 2.75) is 6.92 Å². The summed E-state index contributed by atoms with van der Waals surface area (Å²) in [7, 11) is 0. The Morgan fingerprint density at radius 3 is 2.11 bits per heavy atom. The number of carboxylic acids is 1. The van der Waals surface area contributed by atoms with Gasteiger partial charge < -0.3 is 10.2 Å². The van der Waals surface area contributed by atoms with Crippen LogP contribution in [0.25, 0.3) is 0 Å². The van der Waals surface area contributed by atoms with Crippen molar-refractivity contribution in [3.8, 4) is 5.75 Å². The molecule has 0 spiro atoms. The van der Waals surface area contributed by atoms with Crippen molar-refractivity contribution in [3.05, 3.63) is 83.4 Å². The van der Waals surface area contributed by atoms with Crippen molar-refractivity contribution in [1.82, 2.24) is 0 Å². The second-order valence-electron chi connectivity index (χ2n) is 5.89. The molecule has 0 aliphatic rings. The zero-order valence-corrected chi connectivity index (χ0v) is 14.6. The molecule has 0 unspecified atom stereocenters. The van der Waals surface area contributed by atoms with E-state index in [0.717, 1.165) is 11.3 Å². The summed E-state index contributed by atoms with van der Waals surface area (Å²) >= 11 is 0. The summed E-state index contributed by atoms with van der Waals surface area (Å²) in [5.74, 6) is -0.898. The number of carboxylic acid groups (broad SMARTS) is 1. The van der Waals surface area contributed by atoms with Crippen LogP contribution in [0.15, 0.2) is 82.0 Å². The van der Waals surface area contributed by atoms with Crippen LogP contribution in [0, 0.1) is 6.92 Å². The van der Waals surface area contributed by atoms with Crippen molar-refractivity contribution in [3.63, 3.8) is 0 Å². The van der Waals surface area contributed by atoms with E-state index in [1.807, 2.05) is 31.2 Å². The summed E-state index contributed by atoms with van der Waals surface area (Å²) in [5.41, 5.74) is 3.71. The number of benzene rings is 3. The fourth-order valence-corrected chi connectivity index (χ4v) is 2.27. The predicted molar refractivity (Wildman–Crippen MR) is 104 cm³/mol. The first-order valence-corrected chi connectivity index (χ1v) is 8.20. The third kappa shape index (κ3) is 4.85. The third-order valence-corrected chi connectivity index (χ3v) is 3.79. The van der Waals surface area contributed by atoms with Gasteiger partial charge in [0, 0.05) is 11.8 Å². The van der Waals surface area contributed by atoms with Crippen molar-refractivity contribution < 1.29 is 15.0 Å². The molecule has 3 aromatic rings. The zero-order valence-electron chi connectivity index (χ0n) is 14.6. The first-order chi connectivity index (χ1) is 13.0. The lowest BCUT2D eigenvalue weighted by molar-refractivity contribution is 0.0697. The van der Waals surface area contributed by atoms with E-state index in [4.69, 9.17) is 5.11 Å². The van der Waals surface area contributed by atoms with Gasteiger partial charge in [-0.3, -0.25) is 4.99 Å². The molecule has 0 aliphatic carbocycles. The highest BCUT2D eigenvalue weighted by Crippen LogP contribution is 2.25. The quantitative estimate of drug-likeness (QED) is 0.461. The number of phenolic OH excluding ortho intramolecular Hbond substituents is 1. The van der Waals surface area contributed by atoms with Crippen LogP contribution in [-0.2, 0) is 0 Å². The summed E-state index contributed by atoms with van der Waals surface area (Å²) in [6.07, 6.45) is 1.57. The summed E-state index contributed by atoms with van der Waals surface area (Å²) in [6.45, 7) is 2.00. The van der Waals surface area contributed by atoms with Crippen LogP contribution in [-0.4, -0.2) is 22.4 Å². The van der Waals surface area contributed by atoms with Gasteiger partial charge in [0.15, 0.2) is 0 Å². The molecular formula is C21H17N3O3. The highest BCUT2D eigenvalue weighted by Gasteiger charge is 2.02. The molecule has 0 aliphatic heterocycles. The Hall–Kier alpha value is -3.80. The number of aromatic hydroxyl groups is 1. The first-order valence-electron chi connectivity index (χ1n) is 8.20. The molecule has 6 nitrogen and oxygen atoms in total. The van der Waals surface area contributed by atoms with E-state index >= 15 is 0 Å². The molecule has 0 aromatic heterocycles. The van der Waals surface area contributed by atoms with Gasteiger partial charge in [-0.05, 0) is 61.5 Å². The molecule has 0 bridgehead atoms. The Labute approximate surface area is 156 Å². The van der Waals surface area contributed by atoms with E-state index in [-0.39, 0.29) is 11.3 Å². The number of aryl methyl sites for hydroxylation is 1. The normalized spacial score (nSPS) is 11.3. The van der Waals surface area contributed by atoms with Crippen LogP contribution >= 0.6 is 0 Å². The lowest BCUT2D eigenvalue weighted by Crippen LogP contribution is -1.93. The molecule has 0 saturated carbocycles. The molecule has 0 amide bonds. The summed E-state index contributed by atoms with van der Waals surface area (Å²) in [4.78, 5) is 15.2. The maximum atomic E-state index is 10.9. The Morgan fingerprint density at radius 1 is 0.852 bits per heavy atom. The van der Waals surface area contributed by atoms with E-state index in [9.17, 15) is 9.90 Å². The van der Waals surface area contributed by atoms with E-state index in [0.29, 0.717) is 16.9 Å². The van der Waals surface area contributed by atoms with E-state index in [2.05, 4.69) is 15.2 Å². The van der Waals surface area contributed by atoms with Gasteiger partial charge in [-0.15, -0.1) is 0 Å². The number of nitrogens with zero attached hydrogens (tertiary/aromatic N) is 3. The minimum Gasteiger partial charge on any atom is -0.507 e. The smallest absolute Gasteiger partial charge is 0.335 e. The molecule has 0 heterocycles. The Kier molecular flexibility index (Phi) is 5.37. The van der Waals surface area contributed by atoms with Gasteiger partial charge in [0.25, 0.3) is 0 Å². The molecule has 0 saturated heterocycles. The van der Waals surface area contributed by atoms with Crippen LogP contribution in [0.5, 0.6) is 5.75 Å². The van der Waals surface area contributed by atoms with Gasteiger partial charge in [0.2, 0.25) is 0 Å². The van der Waals surface area contributed by atoms with Crippen molar-refractivity contribution in [2.75, 3.05) is 0 Å². The van der Waals surface area contributed by atoms with Crippen LogP contribution in [0.4, 0.5) is 17.1 Å². The average molecular weight is 359 g/mol. The lowest BCUT2D eigenvalue weighted by atomic mass is 10.2. The fraction of sp³-hybridized carbons (Fsp3) is 0.0476. The van der Waals surface area contributed by atoms with Crippen LogP contribution in [0.3, 0.4) is 0 Å². The maximum absolute atomic E-state index is 10.9. The van der Waals surface area contributed by atoms with Gasteiger partial charge in [-0.2, -0.15) is 10.2 Å². The predicted octanol–water partition coefficient (Wildman–Crippen LogP) is 5.56. The highest BCUT2D eigenvalue weighted by atomic mass is 16.4. The van der Waals surface area contributed by atoms with Gasteiger partial charge in [-0.1, -0.05) is 17.7 Å². The van der Waals surface area contributed by atoms with Crippen LogP contribution in [0.1, 0.15) is 21.5 Å². The topological polar surface area (TPSA) is 94.6 Å². The molecule has 3 aromatic carbocycles. The molecule has 27 heavy (non-hydrogen) atoms. The largest absolute Gasteiger partial charge is 0.507 e. The molecular weight excluding hydrogens is 342 g/mol. The van der Waals surface area contributed by atoms with Crippen LogP contribution < -0.4 is 0 Å². The number of aliphatic imine (C=N–C) groups is 1. The molecule has 3 rings (SSSR count). The fourth-order valence-electron chi connectivity index (χ4n) is 2.27. The van der Waals surface area contributed by atoms with Crippen LogP contribution in [0.2, 0.25) is 0 Å². The summed E-state index contributed by atoms with van der Waals surface area (Å²) < 4.78 is 0. The van der Waals surface area contributed by atoms with Gasteiger partial charge >= 0.3 is 5.97 Å². The number of azo groups is 1. The number of phenols is 1. The number of hydrogen-bond donors (Lipinski definition) is 2. The molecule has 2 N–H and O–H groups in total. The number of hydrogen-bond acceptors (Lipinski definition) is 5. The minimum absolute atomic E-state index is 0.0932. The minimum atomic E-state index is -0.991. The van der Waals surface area contributed by atoms with E-state index in [1.54, 1.807) is 30.5 Å². The van der Waals surface area contributed by atoms with Crippen molar-refractivity contribution in [1.29, 1.82) is 0 Å². The second kappa shape index (κ2) is 8.05.